The van der Waals surface area contributed by atoms with Crippen LogP contribution in [-0.4, -0.2) is 51.3 Å². The van der Waals surface area contributed by atoms with Gasteiger partial charge in [-0.05, 0) is 7.05 Å². The van der Waals surface area contributed by atoms with Crippen molar-refractivity contribution in [1.82, 2.24) is 10.2 Å². The van der Waals surface area contributed by atoms with E-state index in [9.17, 15) is 0 Å². The van der Waals surface area contributed by atoms with Crippen LogP contribution in [0, 0.1) is 0 Å². The van der Waals surface area contributed by atoms with Crippen molar-refractivity contribution in [3.05, 3.63) is 0 Å². The highest BCUT2D eigenvalue weighted by Crippen LogP contribution is 1.94. The van der Waals surface area contributed by atoms with Gasteiger partial charge in [-0.25, -0.2) is 0 Å². The molecule has 1 rings (SSSR count). The molecule has 1 aliphatic rings. The summed E-state index contributed by atoms with van der Waals surface area (Å²) in [5, 5.41) is 3.13. The molecular formula is C11H28N2O. The van der Waals surface area contributed by atoms with Crippen molar-refractivity contribution in [2.24, 2.45) is 0 Å². The minimum Gasteiger partial charge on any atom is -0.379 e. The molecule has 1 fully saturated rings. The molecule has 0 aromatic rings. The maximum absolute atomic E-state index is 5.22. The van der Waals surface area contributed by atoms with Crippen LogP contribution in [0.5, 0.6) is 0 Å². The van der Waals surface area contributed by atoms with E-state index in [0.717, 1.165) is 39.4 Å². The van der Waals surface area contributed by atoms with Crippen molar-refractivity contribution in [2.75, 3.05) is 46.4 Å². The number of likely N-dealkylation sites (N-methyl/N-ethyl adjacent to an activating group) is 1. The Hall–Kier alpha value is -0.120. The summed E-state index contributed by atoms with van der Waals surface area (Å²) in [4.78, 5) is 2.42. The zero-order chi connectivity index (χ0) is 11.2. The highest BCUT2D eigenvalue weighted by atomic mass is 16.5. The fraction of sp³-hybridized carbons (Fsp3) is 1.00. The molecule has 0 aromatic carbocycles. The van der Waals surface area contributed by atoms with E-state index >= 15 is 0 Å². The third kappa shape index (κ3) is 9.96. The number of hydrogen-bond donors (Lipinski definition) is 1. The SMILES string of the molecule is CC.CC.CNCCN1CCOCC1. The van der Waals surface area contributed by atoms with Crippen molar-refractivity contribution in [2.45, 2.75) is 27.7 Å². The van der Waals surface area contributed by atoms with Crippen molar-refractivity contribution in [3.8, 4) is 0 Å². The lowest BCUT2D eigenvalue weighted by atomic mass is 10.4. The molecule has 3 heteroatoms. The minimum absolute atomic E-state index is 0.906. The molecule has 1 saturated heterocycles. The predicted molar refractivity (Wildman–Crippen MR) is 63.9 cm³/mol. The van der Waals surface area contributed by atoms with Gasteiger partial charge in [0.1, 0.15) is 0 Å². The number of nitrogens with one attached hydrogen (secondary N) is 1. The van der Waals surface area contributed by atoms with Crippen LogP contribution < -0.4 is 5.32 Å². The molecule has 0 bridgehead atoms. The summed E-state index contributed by atoms with van der Waals surface area (Å²) >= 11 is 0. The molecule has 0 spiro atoms. The van der Waals surface area contributed by atoms with Gasteiger partial charge in [-0.1, -0.05) is 27.7 Å². The standard InChI is InChI=1S/C7H16N2O.2C2H6/c1-8-2-3-9-4-6-10-7-5-9;2*1-2/h8H,2-7H2,1H3;2*1-2H3. The van der Waals surface area contributed by atoms with E-state index in [1.807, 2.05) is 34.7 Å². The van der Waals surface area contributed by atoms with E-state index in [2.05, 4.69) is 10.2 Å². The Kier molecular flexibility index (Phi) is 17.9. The monoisotopic (exact) mass is 204 g/mol. The van der Waals surface area contributed by atoms with Crippen LogP contribution in [0.3, 0.4) is 0 Å². The van der Waals surface area contributed by atoms with Crippen LogP contribution in [-0.2, 0) is 4.74 Å². The Morgan fingerprint density at radius 1 is 1.07 bits per heavy atom. The minimum atomic E-state index is 0.906. The van der Waals surface area contributed by atoms with E-state index in [4.69, 9.17) is 4.74 Å². The first kappa shape index (κ1) is 16.3. The van der Waals surface area contributed by atoms with Crippen molar-refractivity contribution >= 4 is 0 Å². The highest BCUT2D eigenvalue weighted by Gasteiger charge is 2.07. The first-order valence-corrected chi connectivity index (χ1v) is 5.88. The average molecular weight is 204 g/mol. The van der Waals surface area contributed by atoms with Gasteiger partial charge in [-0.3, -0.25) is 4.90 Å². The second-order valence-electron chi connectivity index (χ2n) is 2.56. The summed E-state index contributed by atoms with van der Waals surface area (Å²) in [6, 6.07) is 0. The molecule has 0 aliphatic carbocycles. The van der Waals surface area contributed by atoms with E-state index in [1.165, 1.54) is 0 Å². The second-order valence-corrected chi connectivity index (χ2v) is 2.56. The van der Waals surface area contributed by atoms with E-state index < -0.39 is 0 Å². The van der Waals surface area contributed by atoms with Crippen molar-refractivity contribution in [3.63, 3.8) is 0 Å². The smallest absolute Gasteiger partial charge is 0.0594 e. The fourth-order valence-electron chi connectivity index (χ4n) is 1.09. The third-order valence-electron chi connectivity index (χ3n) is 1.78. The molecule has 14 heavy (non-hydrogen) atoms. The van der Waals surface area contributed by atoms with E-state index in [0.29, 0.717) is 0 Å². The van der Waals surface area contributed by atoms with Crippen LogP contribution in [0.25, 0.3) is 0 Å². The van der Waals surface area contributed by atoms with Gasteiger partial charge in [0.05, 0.1) is 13.2 Å². The first-order chi connectivity index (χ1) is 6.93. The van der Waals surface area contributed by atoms with Gasteiger partial charge in [0.25, 0.3) is 0 Å². The highest BCUT2D eigenvalue weighted by molar-refractivity contribution is 4.61. The van der Waals surface area contributed by atoms with Gasteiger partial charge >= 0.3 is 0 Å². The normalized spacial score (nSPS) is 16.1. The Labute approximate surface area is 89.8 Å². The first-order valence-electron chi connectivity index (χ1n) is 5.88. The lowest BCUT2D eigenvalue weighted by Gasteiger charge is -2.26. The quantitative estimate of drug-likeness (QED) is 0.755. The summed E-state index contributed by atoms with van der Waals surface area (Å²) in [6.45, 7) is 14.2. The summed E-state index contributed by atoms with van der Waals surface area (Å²) in [7, 11) is 1.99. The lowest BCUT2D eigenvalue weighted by molar-refractivity contribution is 0.0386. The van der Waals surface area contributed by atoms with Gasteiger partial charge in [0, 0.05) is 26.2 Å². The van der Waals surface area contributed by atoms with Gasteiger partial charge in [0.2, 0.25) is 0 Å². The molecule has 3 nitrogen and oxygen atoms in total. The van der Waals surface area contributed by atoms with Crippen LogP contribution in [0.2, 0.25) is 0 Å². The zero-order valence-electron chi connectivity index (χ0n) is 10.6. The zero-order valence-corrected chi connectivity index (χ0v) is 10.6. The van der Waals surface area contributed by atoms with Gasteiger partial charge in [-0.15, -0.1) is 0 Å². The fourth-order valence-corrected chi connectivity index (χ4v) is 1.09. The number of hydrogen-bond acceptors (Lipinski definition) is 3. The maximum Gasteiger partial charge on any atom is 0.0594 e. The molecule has 1 aliphatic heterocycles. The van der Waals surface area contributed by atoms with Crippen molar-refractivity contribution in [1.29, 1.82) is 0 Å². The maximum atomic E-state index is 5.22. The Balaban J connectivity index is 0. The summed E-state index contributed by atoms with van der Waals surface area (Å²) < 4.78 is 5.22. The molecule has 0 amide bonds. The van der Waals surface area contributed by atoms with Crippen LogP contribution in [0.15, 0.2) is 0 Å². The molecule has 0 saturated carbocycles. The van der Waals surface area contributed by atoms with E-state index in [-0.39, 0.29) is 0 Å². The summed E-state index contributed by atoms with van der Waals surface area (Å²) in [5.74, 6) is 0. The second kappa shape index (κ2) is 15.4. The molecule has 1 heterocycles. The molecule has 0 unspecified atom stereocenters. The largest absolute Gasteiger partial charge is 0.379 e. The lowest BCUT2D eigenvalue weighted by Crippen LogP contribution is -2.39. The van der Waals surface area contributed by atoms with E-state index in [1.54, 1.807) is 0 Å². The van der Waals surface area contributed by atoms with Crippen molar-refractivity contribution < 1.29 is 4.74 Å². The average Bonchev–Trinajstić information content (AvgIpc) is 2.33. The Morgan fingerprint density at radius 3 is 2.00 bits per heavy atom. The Bertz CT molecular complexity index is 83.4. The molecule has 0 aromatic heterocycles. The van der Waals surface area contributed by atoms with Gasteiger partial charge in [0.15, 0.2) is 0 Å². The molecule has 88 valence electrons. The topological polar surface area (TPSA) is 24.5 Å². The Morgan fingerprint density at radius 2 is 1.57 bits per heavy atom. The molecule has 0 radical (unpaired) electrons. The third-order valence-corrected chi connectivity index (χ3v) is 1.78. The molecule has 0 atom stereocenters. The number of morpholine rings is 1. The predicted octanol–water partition coefficient (Wildman–Crippen LogP) is 1.59. The van der Waals surface area contributed by atoms with Crippen LogP contribution >= 0.6 is 0 Å². The van der Waals surface area contributed by atoms with Gasteiger partial charge < -0.3 is 10.1 Å². The number of ether oxygens (including phenoxy) is 1. The van der Waals surface area contributed by atoms with Crippen LogP contribution in [0.1, 0.15) is 27.7 Å². The van der Waals surface area contributed by atoms with Crippen LogP contribution in [0.4, 0.5) is 0 Å². The summed E-state index contributed by atoms with van der Waals surface area (Å²) in [6.07, 6.45) is 0. The summed E-state index contributed by atoms with van der Waals surface area (Å²) in [5.41, 5.74) is 0. The number of rotatable bonds is 3. The molecular weight excluding hydrogens is 176 g/mol. The van der Waals surface area contributed by atoms with Gasteiger partial charge in [-0.2, -0.15) is 0 Å². The number of nitrogens with zero attached hydrogens (tertiary/aromatic N) is 1. The molecule has 1 N–H and O–H groups in total.